The number of benzene rings is 1. The topological polar surface area (TPSA) is 178 Å². The number of hydrazine groups is 1. The Balaban J connectivity index is 1.18. The van der Waals surface area contributed by atoms with Crippen LogP contribution in [0.25, 0.3) is 33.4 Å². The molecule has 3 aromatic heterocycles. The molecular formula is C50H62N8O8. The fraction of sp³-hybridized carbons (Fsp3) is 0.500. The van der Waals surface area contributed by atoms with E-state index in [0.29, 0.717) is 50.3 Å². The molecule has 8 rings (SSSR count). The molecule has 66 heavy (non-hydrogen) atoms. The normalized spacial score (nSPS) is 23.3. The minimum absolute atomic E-state index is 0.0169. The lowest BCUT2D eigenvalue weighted by Crippen LogP contribution is -2.62. The number of hydrogen-bond acceptors (Lipinski definition) is 11. The van der Waals surface area contributed by atoms with E-state index in [1.54, 1.807) is 13.3 Å². The number of fused-ring (bicyclic) bond motifs is 6. The number of rotatable bonds is 9. The summed E-state index contributed by atoms with van der Waals surface area (Å²) in [5.74, 6) is -2.51. The highest BCUT2D eigenvalue weighted by Gasteiger charge is 2.56. The van der Waals surface area contributed by atoms with Crippen LogP contribution < -0.4 is 10.7 Å². The molecule has 5 atom stereocenters. The van der Waals surface area contributed by atoms with E-state index in [-0.39, 0.29) is 56.6 Å². The molecule has 0 radical (unpaired) electrons. The molecule has 7 heterocycles. The van der Waals surface area contributed by atoms with Gasteiger partial charge in [0, 0.05) is 78.9 Å². The highest BCUT2D eigenvalue weighted by molar-refractivity contribution is 5.97. The maximum atomic E-state index is 14.7. The average molecular weight is 903 g/mol. The number of ether oxygens (including phenoxy) is 3. The number of hydrogen-bond donors (Lipinski definition) is 2. The first-order valence-corrected chi connectivity index (χ1v) is 23.1. The second-order valence-corrected chi connectivity index (χ2v) is 19.1. The largest absolute Gasteiger partial charge is 0.464 e. The minimum atomic E-state index is -1.27. The van der Waals surface area contributed by atoms with E-state index in [1.165, 1.54) is 20.9 Å². The number of carbonyl (C=O) groups is 5. The predicted molar refractivity (Wildman–Crippen MR) is 247 cm³/mol. The molecule has 0 aliphatic carbocycles. The molecule has 6 bridgehead atoms. The molecule has 350 valence electrons. The second kappa shape index (κ2) is 18.7. The van der Waals surface area contributed by atoms with E-state index < -0.39 is 46.9 Å². The molecule has 1 spiro atoms. The third kappa shape index (κ3) is 8.85. The van der Waals surface area contributed by atoms with E-state index in [9.17, 15) is 24.0 Å². The van der Waals surface area contributed by atoms with Crippen LogP contribution in [0.4, 0.5) is 0 Å². The molecule has 3 saturated heterocycles. The molecule has 4 amide bonds. The van der Waals surface area contributed by atoms with Crippen molar-refractivity contribution in [1.29, 1.82) is 0 Å². The Morgan fingerprint density at radius 2 is 1.89 bits per heavy atom. The highest BCUT2D eigenvalue weighted by atomic mass is 16.5. The Morgan fingerprint density at radius 3 is 2.64 bits per heavy atom. The SMILES string of the molecule is C=CC(=O)N1CC[C@]2(C1)OCN([C@H](C(=O)N[C@H]1Cc3cccc(n3)-c3ccc4c(c3)c(c(-c3cccnc3[C@H](C)OC)n4CC)CC(C)(C)COC(=O)[C@@H]3CCCN(N3)C1=O)C(C)C)C2=O. The van der Waals surface area contributed by atoms with Gasteiger partial charge in [-0.3, -0.25) is 38.9 Å². The summed E-state index contributed by atoms with van der Waals surface area (Å²) < 4.78 is 20.3. The predicted octanol–water partition coefficient (Wildman–Crippen LogP) is 5.14. The Labute approximate surface area is 386 Å². The lowest BCUT2D eigenvalue weighted by atomic mass is 9.84. The van der Waals surface area contributed by atoms with Crippen LogP contribution in [-0.4, -0.2) is 123 Å². The summed E-state index contributed by atoms with van der Waals surface area (Å²) in [6.07, 6.45) is 4.57. The van der Waals surface area contributed by atoms with Gasteiger partial charge < -0.3 is 33.9 Å². The van der Waals surface area contributed by atoms with Crippen LogP contribution in [0.1, 0.15) is 83.9 Å². The van der Waals surface area contributed by atoms with Crippen LogP contribution in [-0.2, 0) is 57.6 Å². The Kier molecular flexibility index (Phi) is 13.2. The highest BCUT2D eigenvalue weighted by Crippen LogP contribution is 2.42. The van der Waals surface area contributed by atoms with E-state index in [1.807, 2.05) is 45.0 Å². The van der Waals surface area contributed by atoms with Crippen molar-refractivity contribution in [2.45, 2.75) is 110 Å². The summed E-state index contributed by atoms with van der Waals surface area (Å²) >= 11 is 0. The first kappa shape index (κ1) is 46.6. The number of esters is 1. The number of methoxy groups -OCH3 is 1. The second-order valence-electron chi connectivity index (χ2n) is 19.1. The van der Waals surface area contributed by atoms with Gasteiger partial charge in [-0.25, -0.2) is 5.43 Å². The molecular weight excluding hydrogens is 841 g/mol. The quantitative estimate of drug-likeness (QED) is 0.168. The van der Waals surface area contributed by atoms with E-state index >= 15 is 0 Å². The van der Waals surface area contributed by atoms with Crippen molar-refractivity contribution in [3.63, 3.8) is 0 Å². The van der Waals surface area contributed by atoms with Gasteiger partial charge in [0.1, 0.15) is 24.9 Å². The lowest BCUT2D eigenvalue weighted by molar-refractivity contribution is -0.155. The number of amides is 4. The molecule has 16 heteroatoms. The molecule has 16 nitrogen and oxygen atoms in total. The molecule has 4 aromatic rings. The van der Waals surface area contributed by atoms with Crippen molar-refractivity contribution in [3.05, 3.63) is 84.3 Å². The molecule has 0 saturated carbocycles. The van der Waals surface area contributed by atoms with Gasteiger partial charge >= 0.3 is 5.97 Å². The van der Waals surface area contributed by atoms with E-state index in [4.69, 9.17) is 24.2 Å². The number of likely N-dealkylation sites (tertiary alicyclic amines) is 1. The smallest absolute Gasteiger partial charge is 0.324 e. The number of nitrogens with one attached hydrogen (secondary N) is 2. The van der Waals surface area contributed by atoms with Crippen molar-refractivity contribution in [2.24, 2.45) is 11.3 Å². The van der Waals surface area contributed by atoms with Gasteiger partial charge in [0.05, 0.1) is 36.3 Å². The van der Waals surface area contributed by atoms with Crippen LogP contribution in [0.2, 0.25) is 0 Å². The van der Waals surface area contributed by atoms with E-state index in [0.717, 1.165) is 39.0 Å². The van der Waals surface area contributed by atoms with Crippen molar-refractivity contribution < 1.29 is 38.2 Å². The standard InChI is InChI=1S/C50H62N8O8/c1-9-41(59)55-23-20-50(27-55)48(63)57(29-66-50)43(30(3)4)45(60)53-39-25-33-14-11-16-37(52-33)32-18-19-40-35(24-32)36(44(56(40)10-2)34-15-12-21-51-42(34)31(5)64-8)26-49(6,7)28-65-47(62)38-17-13-22-58(54-38)46(39)61/h9,11-12,14-16,18-19,21,24,30-31,38-39,43,54H,1,10,13,17,20,22-23,25-29H2,2-8H3,(H,53,60)/t31-,38-,39-,43-,50+/m0/s1. The zero-order chi connectivity index (χ0) is 47.1. The van der Waals surface area contributed by atoms with Crippen LogP contribution in [0.15, 0.2) is 67.4 Å². The summed E-state index contributed by atoms with van der Waals surface area (Å²) in [7, 11) is 1.68. The lowest BCUT2D eigenvalue weighted by Gasteiger charge is -2.36. The zero-order valence-electron chi connectivity index (χ0n) is 39.1. The number of nitrogens with zero attached hydrogens (tertiary/aromatic N) is 6. The Bertz CT molecular complexity index is 2550. The first-order valence-electron chi connectivity index (χ1n) is 23.1. The molecule has 3 fully saturated rings. The third-order valence-electron chi connectivity index (χ3n) is 13.5. The van der Waals surface area contributed by atoms with Gasteiger partial charge in [-0.05, 0) is 87.1 Å². The van der Waals surface area contributed by atoms with Crippen molar-refractivity contribution in [1.82, 2.24) is 40.1 Å². The van der Waals surface area contributed by atoms with E-state index in [2.05, 4.69) is 66.9 Å². The summed E-state index contributed by atoms with van der Waals surface area (Å²) in [5.41, 5.74) is 8.38. The first-order chi connectivity index (χ1) is 31.6. The summed E-state index contributed by atoms with van der Waals surface area (Å²) in [4.78, 5) is 82.7. The number of pyridine rings is 2. The minimum Gasteiger partial charge on any atom is -0.464 e. The van der Waals surface area contributed by atoms with Crippen LogP contribution in [0, 0.1) is 11.3 Å². The van der Waals surface area contributed by atoms with Crippen LogP contribution >= 0.6 is 0 Å². The van der Waals surface area contributed by atoms with Crippen LogP contribution in [0.3, 0.4) is 0 Å². The van der Waals surface area contributed by atoms with Gasteiger partial charge in [0.15, 0.2) is 5.60 Å². The van der Waals surface area contributed by atoms with Gasteiger partial charge in [0.2, 0.25) is 11.8 Å². The number of cyclic esters (lactones) is 1. The monoisotopic (exact) mass is 902 g/mol. The van der Waals surface area contributed by atoms with Gasteiger partial charge in [-0.1, -0.05) is 46.4 Å². The molecule has 4 aliphatic heterocycles. The Hall–Kier alpha value is -5.97. The third-order valence-corrected chi connectivity index (χ3v) is 13.5. The van der Waals surface area contributed by atoms with Gasteiger partial charge in [-0.15, -0.1) is 0 Å². The summed E-state index contributed by atoms with van der Waals surface area (Å²) in [6, 6.07) is 13.1. The van der Waals surface area contributed by atoms with Crippen molar-refractivity contribution >= 4 is 40.5 Å². The average Bonchev–Trinajstić information content (AvgIpc) is 3.99. The van der Waals surface area contributed by atoms with Crippen molar-refractivity contribution in [2.75, 3.05) is 40.1 Å². The molecule has 0 unspecified atom stereocenters. The molecule has 2 N–H and O–H groups in total. The molecule has 1 aromatic carbocycles. The Morgan fingerprint density at radius 1 is 1.09 bits per heavy atom. The number of aromatic nitrogens is 3. The van der Waals surface area contributed by atoms with Crippen molar-refractivity contribution in [3.8, 4) is 22.5 Å². The summed E-state index contributed by atoms with van der Waals surface area (Å²) in [5, 5.41) is 5.44. The maximum absolute atomic E-state index is 14.7. The zero-order valence-corrected chi connectivity index (χ0v) is 39.1. The van der Waals surface area contributed by atoms with Gasteiger partial charge in [-0.2, -0.15) is 0 Å². The maximum Gasteiger partial charge on any atom is 0.324 e. The fourth-order valence-corrected chi connectivity index (χ4v) is 10.0. The van der Waals surface area contributed by atoms with Gasteiger partial charge in [0.25, 0.3) is 11.8 Å². The molecule has 4 aliphatic rings. The van der Waals surface area contributed by atoms with Crippen LogP contribution in [0.5, 0.6) is 0 Å². The number of aryl methyl sites for hydroxylation is 1. The fourth-order valence-electron chi connectivity index (χ4n) is 10.0. The summed E-state index contributed by atoms with van der Waals surface area (Å²) in [6.45, 7) is 16.9. The number of carbonyl (C=O) groups excluding carboxylic acids is 5.